The van der Waals surface area contributed by atoms with Crippen molar-refractivity contribution in [2.75, 3.05) is 31.7 Å². The van der Waals surface area contributed by atoms with E-state index in [4.69, 9.17) is 4.74 Å². The number of nitrogens with one attached hydrogen (secondary N) is 2. The van der Waals surface area contributed by atoms with Crippen LogP contribution in [0.15, 0.2) is 4.99 Å². The average Bonchev–Trinajstić information content (AvgIpc) is 2.43. The summed E-state index contributed by atoms with van der Waals surface area (Å²) in [6, 6.07) is 0.0512. The lowest BCUT2D eigenvalue weighted by molar-refractivity contribution is 0.0266. The largest absolute Gasteiger partial charge is 0.378 e. The molecule has 24 heavy (non-hydrogen) atoms. The summed E-state index contributed by atoms with van der Waals surface area (Å²) in [5.74, 6) is 1.38. The molecular weight excluding hydrogens is 441 g/mol. The minimum Gasteiger partial charge on any atom is -0.378 e. The van der Waals surface area contributed by atoms with Gasteiger partial charge >= 0.3 is 0 Å². The molecule has 0 aliphatic rings. The first kappa shape index (κ1) is 26.1. The van der Waals surface area contributed by atoms with Crippen LogP contribution in [0.2, 0.25) is 0 Å². The molecule has 6 nitrogen and oxygen atoms in total. The number of ether oxygens (including phenoxy) is 1. The lowest BCUT2D eigenvalue weighted by atomic mass is 10.0. The first-order chi connectivity index (χ1) is 10.7. The number of halogens is 1. The van der Waals surface area contributed by atoms with Gasteiger partial charge in [0, 0.05) is 32.0 Å². The van der Waals surface area contributed by atoms with Crippen molar-refractivity contribution in [3.63, 3.8) is 0 Å². The van der Waals surface area contributed by atoms with Crippen molar-refractivity contribution >= 4 is 39.8 Å². The van der Waals surface area contributed by atoms with Gasteiger partial charge in [0.15, 0.2) is 5.96 Å². The van der Waals surface area contributed by atoms with E-state index in [9.17, 15) is 8.42 Å². The van der Waals surface area contributed by atoms with Gasteiger partial charge in [0.1, 0.15) is 9.84 Å². The number of nitrogens with zero attached hydrogens (tertiary/aromatic N) is 1. The van der Waals surface area contributed by atoms with Crippen LogP contribution in [-0.2, 0) is 14.6 Å². The van der Waals surface area contributed by atoms with Gasteiger partial charge in [-0.2, -0.15) is 0 Å². The average molecular weight is 477 g/mol. The van der Waals surface area contributed by atoms with Gasteiger partial charge in [-0.05, 0) is 39.5 Å². The third kappa shape index (κ3) is 14.3. The minimum absolute atomic E-state index is 0. The zero-order chi connectivity index (χ0) is 17.9. The number of hydrogen-bond donors (Lipinski definition) is 2. The van der Waals surface area contributed by atoms with Crippen molar-refractivity contribution in [1.29, 1.82) is 0 Å². The molecule has 0 rings (SSSR count). The van der Waals surface area contributed by atoms with Crippen LogP contribution in [0, 0.1) is 5.92 Å². The van der Waals surface area contributed by atoms with E-state index in [0.717, 1.165) is 18.9 Å². The van der Waals surface area contributed by atoms with E-state index in [1.165, 1.54) is 6.26 Å². The molecule has 8 heteroatoms. The number of hydrogen-bond acceptors (Lipinski definition) is 4. The maximum atomic E-state index is 11.2. The molecule has 0 aliphatic heterocycles. The highest BCUT2D eigenvalue weighted by Crippen LogP contribution is 2.10. The van der Waals surface area contributed by atoms with Crippen LogP contribution in [0.25, 0.3) is 0 Å². The van der Waals surface area contributed by atoms with E-state index in [1.807, 2.05) is 20.8 Å². The van der Waals surface area contributed by atoms with Crippen LogP contribution in [0.4, 0.5) is 0 Å². The fourth-order valence-electron chi connectivity index (χ4n) is 2.14. The summed E-state index contributed by atoms with van der Waals surface area (Å²) in [7, 11) is -2.93. The van der Waals surface area contributed by atoms with Gasteiger partial charge in [0.05, 0.1) is 11.9 Å². The first-order valence-electron chi connectivity index (χ1n) is 8.53. The Kier molecular flexibility index (Phi) is 15.4. The molecule has 0 spiro atoms. The predicted octanol–water partition coefficient (Wildman–Crippen LogP) is 2.43. The van der Waals surface area contributed by atoms with Crippen molar-refractivity contribution < 1.29 is 13.2 Å². The Morgan fingerprint density at radius 3 is 2.25 bits per heavy atom. The van der Waals surface area contributed by atoms with Crippen molar-refractivity contribution in [3.8, 4) is 0 Å². The lowest BCUT2D eigenvalue weighted by Gasteiger charge is -2.21. The van der Waals surface area contributed by atoms with E-state index < -0.39 is 9.84 Å². The van der Waals surface area contributed by atoms with E-state index in [2.05, 4.69) is 29.5 Å². The second kappa shape index (κ2) is 14.1. The van der Waals surface area contributed by atoms with E-state index in [-0.39, 0.29) is 41.9 Å². The maximum absolute atomic E-state index is 11.2. The third-order valence-corrected chi connectivity index (χ3v) is 4.43. The van der Waals surface area contributed by atoms with Crippen molar-refractivity contribution in [2.24, 2.45) is 10.9 Å². The number of sulfone groups is 1. The second-order valence-corrected chi connectivity index (χ2v) is 8.51. The van der Waals surface area contributed by atoms with Crippen LogP contribution in [0.3, 0.4) is 0 Å². The zero-order valence-electron chi connectivity index (χ0n) is 16.0. The van der Waals surface area contributed by atoms with E-state index >= 15 is 0 Å². The number of guanidine groups is 1. The standard InChI is InChI=1S/C16H35N3O3S.HI/c1-7-17-16(19-14(5)10-12-23(6,20)21)18-11-9-15(13(3)4)22-8-2;/h13-15H,7-12H2,1-6H3,(H2,17,18,19);1H. The Hall–Kier alpha value is -0.0900. The molecule has 0 aliphatic carbocycles. The molecule has 0 aromatic carbocycles. The van der Waals surface area contributed by atoms with Gasteiger partial charge in [-0.15, -0.1) is 24.0 Å². The maximum Gasteiger partial charge on any atom is 0.191 e. The van der Waals surface area contributed by atoms with Crippen molar-refractivity contribution in [3.05, 3.63) is 0 Å². The van der Waals surface area contributed by atoms with E-state index in [1.54, 1.807) is 0 Å². The summed E-state index contributed by atoms with van der Waals surface area (Å²) in [5, 5.41) is 6.45. The number of aliphatic imine (C=N–C) groups is 1. The molecule has 2 N–H and O–H groups in total. The lowest BCUT2D eigenvalue weighted by Crippen LogP contribution is -2.43. The van der Waals surface area contributed by atoms with Gasteiger partial charge in [-0.1, -0.05) is 13.8 Å². The summed E-state index contributed by atoms with van der Waals surface area (Å²) in [6.45, 7) is 12.5. The molecule has 2 atom stereocenters. The molecule has 0 saturated heterocycles. The second-order valence-electron chi connectivity index (χ2n) is 6.25. The van der Waals surface area contributed by atoms with Crippen LogP contribution in [-0.4, -0.2) is 58.2 Å². The van der Waals surface area contributed by atoms with Gasteiger partial charge in [-0.3, -0.25) is 4.99 Å². The summed E-state index contributed by atoms with van der Waals surface area (Å²) in [6.07, 6.45) is 2.92. The SMILES string of the molecule is CCNC(=NCCC(OCC)C(C)C)NC(C)CCS(C)(=O)=O.I. The van der Waals surface area contributed by atoms with Crippen LogP contribution in [0.1, 0.15) is 47.5 Å². The molecule has 2 unspecified atom stereocenters. The number of rotatable bonds is 11. The molecule has 0 bridgehead atoms. The first-order valence-corrected chi connectivity index (χ1v) is 10.6. The molecule has 0 saturated carbocycles. The molecule has 0 heterocycles. The van der Waals surface area contributed by atoms with Gasteiger partial charge < -0.3 is 15.4 Å². The smallest absolute Gasteiger partial charge is 0.191 e. The summed E-state index contributed by atoms with van der Waals surface area (Å²) >= 11 is 0. The summed E-state index contributed by atoms with van der Waals surface area (Å²) in [5.41, 5.74) is 0. The molecular formula is C16H36IN3O3S. The van der Waals surface area contributed by atoms with Gasteiger partial charge in [0.2, 0.25) is 0 Å². The fraction of sp³-hybridized carbons (Fsp3) is 0.938. The summed E-state index contributed by atoms with van der Waals surface area (Å²) in [4.78, 5) is 4.57. The fourth-order valence-corrected chi connectivity index (χ4v) is 2.92. The predicted molar refractivity (Wildman–Crippen MR) is 113 cm³/mol. The van der Waals surface area contributed by atoms with Crippen molar-refractivity contribution in [2.45, 2.75) is 59.6 Å². The molecule has 0 aromatic heterocycles. The Labute approximate surface area is 165 Å². The molecule has 0 amide bonds. The molecule has 0 aromatic rings. The highest BCUT2D eigenvalue weighted by Gasteiger charge is 2.13. The molecule has 146 valence electrons. The Bertz CT molecular complexity index is 442. The topological polar surface area (TPSA) is 79.8 Å². The Morgan fingerprint density at radius 2 is 1.79 bits per heavy atom. The van der Waals surface area contributed by atoms with Gasteiger partial charge in [-0.25, -0.2) is 8.42 Å². The van der Waals surface area contributed by atoms with E-state index in [0.29, 0.717) is 25.5 Å². The monoisotopic (exact) mass is 477 g/mol. The Balaban J connectivity index is 0. The van der Waals surface area contributed by atoms with Crippen LogP contribution < -0.4 is 10.6 Å². The highest BCUT2D eigenvalue weighted by atomic mass is 127. The highest BCUT2D eigenvalue weighted by molar-refractivity contribution is 14.0. The third-order valence-electron chi connectivity index (χ3n) is 3.46. The Morgan fingerprint density at radius 1 is 1.17 bits per heavy atom. The molecule has 0 fully saturated rings. The minimum atomic E-state index is -2.93. The van der Waals surface area contributed by atoms with Crippen molar-refractivity contribution in [1.82, 2.24) is 10.6 Å². The van der Waals surface area contributed by atoms with Crippen LogP contribution in [0.5, 0.6) is 0 Å². The summed E-state index contributed by atoms with van der Waals surface area (Å²) < 4.78 is 28.2. The van der Waals surface area contributed by atoms with Gasteiger partial charge in [0.25, 0.3) is 0 Å². The zero-order valence-corrected chi connectivity index (χ0v) is 19.1. The van der Waals surface area contributed by atoms with Crippen LogP contribution >= 0.6 is 24.0 Å². The quantitative estimate of drug-likeness (QED) is 0.272. The normalized spacial score (nSPS) is 14.9. The molecule has 0 radical (unpaired) electrons.